The summed E-state index contributed by atoms with van der Waals surface area (Å²) in [5.41, 5.74) is 6.51. The molecular formula is C13H18N2O2S. The van der Waals surface area contributed by atoms with Crippen molar-refractivity contribution in [3.05, 3.63) is 35.9 Å². The number of nitrogens with one attached hydrogen (secondary N) is 1. The van der Waals surface area contributed by atoms with Crippen LogP contribution in [0.1, 0.15) is 25.5 Å². The first-order valence-electron chi connectivity index (χ1n) is 5.76. The lowest BCUT2D eigenvalue weighted by atomic mass is 10.1. The fourth-order valence-corrected chi connectivity index (χ4v) is 1.60. The first-order valence-corrected chi connectivity index (χ1v) is 6.16. The highest BCUT2D eigenvalue weighted by Crippen LogP contribution is 2.12. The van der Waals surface area contributed by atoms with E-state index in [1.165, 1.54) is 0 Å². The Morgan fingerprint density at radius 2 is 2.00 bits per heavy atom. The lowest BCUT2D eigenvalue weighted by Gasteiger charge is -2.18. The second kappa shape index (κ2) is 7.08. The van der Waals surface area contributed by atoms with Gasteiger partial charge in [-0.3, -0.25) is 4.79 Å². The van der Waals surface area contributed by atoms with Gasteiger partial charge < -0.3 is 15.8 Å². The van der Waals surface area contributed by atoms with E-state index in [0.29, 0.717) is 0 Å². The van der Waals surface area contributed by atoms with Crippen molar-refractivity contribution in [1.82, 2.24) is 5.32 Å². The number of rotatable bonds is 6. The highest BCUT2D eigenvalue weighted by atomic mass is 32.1. The quantitative estimate of drug-likeness (QED) is 0.767. The third-order valence-electron chi connectivity index (χ3n) is 2.27. The summed E-state index contributed by atoms with van der Waals surface area (Å²) in [5.74, 6) is -0.231. The normalized spacial score (nSPS) is 12.2. The van der Waals surface area contributed by atoms with Gasteiger partial charge in [0.15, 0.2) is 0 Å². The zero-order valence-electron chi connectivity index (χ0n) is 10.6. The fourth-order valence-electron chi connectivity index (χ4n) is 1.41. The summed E-state index contributed by atoms with van der Waals surface area (Å²) in [5, 5.41) is 2.76. The average molecular weight is 266 g/mol. The van der Waals surface area contributed by atoms with Crippen molar-refractivity contribution >= 4 is 23.1 Å². The monoisotopic (exact) mass is 266 g/mol. The van der Waals surface area contributed by atoms with Gasteiger partial charge in [-0.2, -0.15) is 0 Å². The molecule has 0 aliphatic rings. The van der Waals surface area contributed by atoms with E-state index in [-0.39, 0.29) is 23.6 Å². The molecule has 0 bridgehead atoms. The largest absolute Gasteiger partial charge is 0.391 e. The first kappa shape index (κ1) is 14.6. The Labute approximate surface area is 113 Å². The number of benzene rings is 1. The maximum atomic E-state index is 11.7. The van der Waals surface area contributed by atoms with Crippen molar-refractivity contribution in [1.29, 1.82) is 0 Å². The Hall–Kier alpha value is -1.46. The Morgan fingerprint density at radius 1 is 1.39 bits per heavy atom. The molecule has 0 spiro atoms. The number of carbonyl (C=O) groups is 1. The molecule has 0 aliphatic heterocycles. The van der Waals surface area contributed by atoms with Gasteiger partial charge in [-0.05, 0) is 19.4 Å². The Balaban J connectivity index is 2.65. The van der Waals surface area contributed by atoms with Crippen LogP contribution in [0.3, 0.4) is 0 Å². The minimum absolute atomic E-state index is 0.00358. The fraction of sp³-hybridized carbons (Fsp3) is 0.385. The topological polar surface area (TPSA) is 64.3 Å². The average Bonchev–Trinajstić information content (AvgIpc) is 2.34. The molecular weight excluding hydrogens is 248 g/mol. The van der Waals surface area contributed by atoms with E-state index in [1.807, 2.05) is 44.2 Å². The van der Waals surface area contributed by atoms with E-state index in [4.69, 9.17) is 22.7 Å². The van der Waals surface area contributed by atoms with E-state index in [0.717, 1.165) is 5.56 Å². The lowest BCUT2D eigenvalue weighted by Crippen LogP contribution is -2.38. The minimum Gasteiger partial charge on any atom is -0.391 e. The van der Waals surface area contributed by atoms with Gasteiger partial charge >= 0.3 is 0 Å². The third kappa shape index (κ3) is 4.81. The van der Waals surface area contributed by atoms with E-state index in [2.05, 4.69) is 5.32 Å². The predicted molar refractivity (Wildman–Crippen MR) is 75.2 cm³/mol. The van der Waals surface area contributed by atoms with Gasteiger partial charge in [-0.15, -0.1) is 0 Å². The molecule has 0 fully saturated rings. The van der Waals surface area contributed by atoms with Crippen LogP contribution in [-0.2, 0) is 9.53 Å². The van der Waals surface area contributed by atoms with Crippen LogP contribution in [-0.4, -0.2) is 23.6 Å². The SMILES string of the molecule is CC(C)OCC(=O)NC(C(N)=S)c1ccccc1. The number of nitrogens with two attached hydrogens (primary N) is 1. The predicted octanol–water partition coefficient (Wildman–Crippen LogP) is 1.55. The highest BCUT2D eigenvalue weighted by Gasteiger charge is 2.17. The van der Waals surface area contributed by atoms with E-state index >= 15 is 0 Å². The maximum Gasteiger partial charge on any atom is 0.246 e. The molecule has 98 valence electrons. The van der Waals surface area contributed by atoms with Crippen LogP contribution in [0.4, 0.5) is 0 Å². The summed E-state index contributed by atoms with van der Waals surface area (Å²) in [4.78, 5) is 11.9. The van der Waals surface area contributed by atoms with Crippen LogP contribution in [0.25, 0.3) is 0 Å². The number of thiocarbonyl (C=S) groups is 1. The van der Waals surface area contributed by atoms with Crippen molar-refractivity contribution < 1.29 is 9.53 Å². The van der Waals surface area contributed by atoms with Crippen LogP contribution in [0, 0.1) is 0 Å². The van der Waals surface area contributed by atoms with Crippen LogP contribution in [0.15, 0.2) is 30.3 Å². The van der Waals surface area contributed by atoms with Crippen molar-refractivity contribution in [3.63, 3.8) is 0 Å². The molecule has 4 nitrogen and oxygen atoms in total. The summed E-state index contributed by atoms with van der Waals surface area (Å²) >= 11 is 4.98. The first-order chi connectivity index (χ1) is 8.50. The second-order valence-corrected chi connectivity index (χ2v) is 4.64. The Kier molecular flexibility index (Phi) is 5.74. The van der Waals surface area contributed by atoms with Crippen molar-refractivity contribution in [2.24, 2.45) is 5.73 Å². The minimum atomic E-state index is -0.454. The molecule has 1 unspecified atom stereocenters. The smallest absolute Gasteiger partial charge is 0.246 e. The number of amides is 1. The van der Waals surface area contributed by atoms with Gasteiger partial charge in [0.1, 0.15) is 17.6 Å². The molecule has 5 heteroatoms. The molecule has 0 radical (unpaired) electrons. The van der Waals surface area contributed by atoms with Crippen molar-refractivity contribution in [3.8, 4) is 0 Å². The molecule has 18 heavy (non-hydrogen) atoms. The van der Waals surface area contributed by atoms with Gasteiger partial charge in [-0.1, -0.05) is 42.5 Å². The van der Waals surface area contributed by atoms with Crippen LogP contribution in [0.5, 0.6) is 0 Å². The zero-order valence-corrected chi connectivity index (χ0v) is 11.4. The molecule has 1 aromatic carbocycles. The third-order valence-corrected chi connectivity index (χ3v) is 2.51. The highest BCUT2D eigenvalue weighted by molar-refractivity contribution is 7.80. The van der Waals surface area contributed by atoms with Crippen molar-refractivity contribution in [2.45, 2.75) is 26.0 Å². The van der Waals surface area contributed by atoms with Crippen LogP contribution >= 0.6 is 12.2 Å². The zero-order chi connectivity index (χ0) is 13.5. The summed E-state index contributed by atoms with van der Waals surface area (Å²) in [6.45, 7) is 3.74. The standard InChI is InChI=1S/C13H18N2O2S/c1-9(2)17-8-11(16)15-12(13(14)18)10-6-4-3-5-7-10/h3-7,9,12H,8H2,1-2H3,(H2,14,18)(H,15,16). The molecule has 1 rings (SSSR count). The van der Waals surface area contributed by atoms with E-state index in [1.54, 1.807) is 0 Å². The van der Waals surface area contributed by atoms with Gasteiger partial charge in [0.2, 0.25) is 5.91 Å². The number of hydrogen-bond donors (Lipinski definition) is 2. The Morgan fingerprint density at radius 3 is 2.50 bits per heavy atom. The van der Waals surface area contributed by atoms with E-state index in [9.17, 15) is 4.79 Å². The van der Waals surface area contributed by atoms with Gasteiger partial charge in [0, 0.05) is 0 Å². The number of hydrogen-bond acceptors (Lipinski definition) is 3. The van der Waals surface area contributed by atoms with Gasteiger partial charge in [0.05, 0.1) is 6.10 Å². The van der Waals surface area contributed by atoms with Gasteiger partial charge in [-0.25, -0.2) is 0 Å². The molecule has 3 N–H and O–H groups in total. The second-order valence-electron chi connectivity index (χ2n) is 4.17. The molecule has 0 saturated carbocycles. The molecule has 1 amide bonds. The molecule has 0 saturated heterocycles. The summed E-state index contributed by atoms with van der Waals surface area (Å²) in [6.07, 6.45) is 0.00996. The Bertz CT molecular complexity index is 407. The molecule has 0 aliphatic carbocycles. The van der Waals surface area contributed by atoms with Gasteiger partial charge in [0.25, 0.3) is 0 Å². The summed E-state index contributed by atoms with van der Waals surface area (Å²) < 4.78 is 5.22. The number of carbonyl (C=O) groups excluding carboxylic acids is 1. The molecule has 1 atom stereocenters. The van der Waals surface area contributed by atoms with Crippen LogP contribution < -0.4 is 11.1 Å². The van der Waals surface area contributed by atoms with E-state index < -0.39 is 6.04 Å². The number of ether oxygens (including phenoxy) is 1. The maximum absolute atomic E-state index is 11.7. The lowest BCUT2D eigenvalue weighted by molar-refractivity contribution is -0.127. The van der Waals surface area contributed by atoms with Crippen LogP contribution in [0.2, 0.25) is 0 Å². The molecule has 0 heterocycles. The summed E-state index contributed by atoms with van der Waals surface area (Å²) in [6, 6.07) is 8.92. The molecule has 0 aromatic heterocycles. The summed E-state index contributed by atoms with van der Waals surface area (Å²) in [7, 11) is 0. The molecule has 1 aromatic rings. The van der Waals surface area contributed by atoms with Crippen molar-refractivity contribution in [2.75, 3.05) is 6.61 Å².